The molecule has 1 amide bonds. The molecule has 20 heavy (non-hydrogen) atoms. The molecule has 1 heterocycles. The van der Waals surface area contributed by atoms with E-state index in [0.29, 0.717) is 13.1 Å². The van der Waals surface area contributed by atoms with Crippen LogP contribution in [0.5, 0.6) is 0 Å². The molecule has 0 aromatic heterocycles. The van der Waals surface area contributed by atoms with Crippen molar-refractivity contribution in [3.05, 3.63) is 35.4 Å². The molecule has 0 saturated carbocycles. The number of hydrogen-bond donors (Lipinski definition) is 1. The molecule has 1 aliphatic heterocycles. The van der Waals surface area contributed by atoms with Gasteiger partial charge in [-0.1, -0.05) is 6.07 Å². The first-order chi connectivity index (χ1) is 9.52. The third-order valence-corrected chi connectivity index (χ3v) is 4.02. The lowest BCUT2D eigenvalue weighted by Gasteiger charge is -2.37. The van der Waals surface area contributed by atoms with Crippen molar-refractivity contribution < 1.29 is 13.6 Å². The Balaban J connectivity index is 2.11. The third-order valence-electron chi connectivity index (χ3n) is 4.02. The summed E-state index contributed by atoms with van der Waals surface area (Å²) in [5, 5.41) is 0. The highest BCUT2D eigenvalue weighted by Gasteiger charge is 2.29. The maximum atomic E-state index is 13.6. The fourth-order valence-corrected chi connectivity index (χ4v) is 2.68. The van der Waals surface area contributed by atoms with Gasteiger partial charge in [0, 0.05) is 18.2 Å². The van der Waals surface area contributed by atoms with Crippen molar-refractivity contribution in [1.29, 1.82) is 0 Å². The van der Waals surface area contributed by atoms with Gasteiger partial charge in [-0.15, -0.1) is 0 Å². The van der Waals surface area contributed by atoms with E-state index in [0.717, 1.165) is 12.8 Å². The zero-order valence-electron chi connectivity index (χ0n) is 11.6. The summed E-state index contributed by atoms with van der Waals surface area (Å²) in [7, 11) is 0. The van der Waals surface area contributed by atoms with Crippen LogP contribution < -0.4 is 5.73 Å². The van der Waals surface area contributed by atoms with E-state index in [1.54, 1.807) is 4.90 Å². The smallest absolute Gasteiger partial charge is 0.227 e. The number of piperidine rings is 1. The van der Waals surface area contributed by atoms with Crippen molar-refractivity contribution in [2.45, 2.75) is 32.2 Å². The number of halogens is 2. The molecule has 1 aromatic carbocycles. The lowest BCUT2D eigenvalue weighted by atomic mass is 9.93. The van der Waals surface area contributed by atoms with Gasteiger partial charge in [-0.05, 0) is 44.4 Å². The van der Waals surface area contributed by atoms with E-state index >= 15 is 0 Å². The van der Waals surface area contributed by atoms with Crippen molar-refractivity contribution in [3.8, 4) is 0 Å². The molecule has 5 heteroatoms. The highest BCUT2D eigenvalue weighted by Crippen LogP contribution is 2.23. The molecule has 0 bridgehead atoms. The zero-order chi connectivity index (χ0) is 14.7. The van der Waals surface area contributed by atoms with E-state index in [9.17, 15) is 13.6 Å². The Labute approximate surface area is 117 Å². The number of nitrogens with zero attached hydrogens (tertiary/aromatic N) is 1. The molecule has 0 aliphatic carbocycles. The summed E-state index contributed by atoms with van der Waals surface area (Å²) >= 11 is 0. The Morgan fingerprint density at radius 1 is 1.35 bits per heavy atom. The average Bonchev–Trinajstić information content (AvgIpc) is 2.43. The first kappa shape index (κ1) is 14.9. The molecule has 0 spiro atoms. The first-order valence-corrected chi connectivity index (χ1v) is 6.95. The molecule has 1 aliphatic rings. The Morgan fingerprint density at radius 2 is 2.00 bits per heavy atom. The van der Waals surface area contributed by atoms with E-state index in [1.807, 2.05) is 6.92 Å². The number of nitrogens with two attached hydrogens (primary N) is 1. The Morgan fingerprint density at radius 3 is 2.60 bits per heavy atom. The summed E-state index contributed by atoms with van der Waals surface area (Å²) in [6.07, 6.45) is 1.64. The van der Waals surface area contributed by atoms with Gasteiger partial charge in [-0.2, -0.15) is 0 Å². The Hall–Kier alpha value is -1.49. The van der Waals surface area contributed by atoms with Crippen LogP contribution in [0.15, 0.2) is 18.2 Å². The van der Waals surface area contributed by atoms with Crippen LogP contribution in [0.2, 0.25) is 0 Å². The normalized spacial score (nSPS) is 22.9. The van der Waals surface area contributed by atoms with E-state index < -0.39 is 11.6 Å². The molecule has 1 aromatic rings. The molecule has 2 unspecified atom stereocenters. The molecule has 2 rings (SSSR count). The third kappa shape index (κ3) is 3.15. The van der Waals surface area contributed by atoms with Crippen molar-refractivity contribution in [2.24, 2.45) is 11.7 Å². The van der Waals surface area contributed by atoms with Gasteiger partial charge >= 0.3 is 0 Å². The van der Waals surface area contributed by atoms with Crippen LogP contribution in [0, 0.1) is 17.6 Å². The van der Waals surface area contributed by atoms with E-state index in [1.165, 1.54) is 18.2 Å². The van der Waals surface area contributed by atoms with E-state index in [2.05, 4.69) is 0 Å². The van der Waals surface area contributed by atoms with Crippen LogP contribution in [0.25, 0.3) is 0 Å². The van der Waals surface area contributed by atoms with Crippen LogP contribution in [-0.2, 0) is 11.2 Å². The molecule has 2 atom stereocenters. The minimum atomic E-state index is -0.668. The SMILES string of the molecule is CC1CCC(CN)CN1C(=O)Cc1c(F)cccc1F. The number of benzene rings is 1. The summed E-state index contributed by atoms with van der Waals surface area (Å²) < 4.78 is 27.2. The molecule has 2 N–H and O–H groups in total. The summed E-state index contributed by atoms with van der Waals surface area (Å²) in [4.78, 5) is 14.0. The van der Waals surface area contributed by atoms with Gasteiger partial charge in [0.25, 0.3) is 0 Å². The molecule has 3 nitrogen and oxygen atoms in total. The monoisotopic (exact) mass is 282 g/mol. The number of likely N-dealkylation sites (tertiary alicyclic amines) is 1. The summed E-state index contributed by atoms with van der Waals surface area (Å²) in [6, 6.07) is 3.74. The standard InChI is InChI=1S/C15H20F2N2O/c1-10-5-6-11(8-18)9-19(10)15(20)7-12-13(16)3-2-4-14(12)17/h2-4,10-11H,5-9,18H2,1H3. The summed E-state index contributed by atoms with van der Waals surface area (Å²) in [5.41, 5.74) is 5.50. The van der Waals surface area contributed by atoms with E-state index in [4.69, 9.17) is 5.73 Å². The molecular weight excluding hydrogens is 262 g/mol. The maximum Gasteiger partial charge on any atom is 0.227 e. The largest absolute Gasteiger partial charge is 0.339 e. The predicted molar refractivity (Wildman–Crippen MR) is 73.0 cm³/mol. The van der Waals surface area contributed by atoms with Gasteiger partial charge in [0.1, 0.15) is 11.6 Å². The van der Waals surface area contributed by atoms with Crippen LogP contribution in [0.1, 0.15) is 25.3 Å². The van der Waals surface area contributed by atoms with E-state index in [-0.39, 0.29) is 29.9 Å². The Bertz CT molecular complexity index is 473. The highest BCUT2D eigenvalue weighted by molar-refractivity contribution is 5.79. The van der Waals surface area contributed by atoms with Gasteiger partial charge in [-0.3, -0.25) is 4.79 Å². The molecule has 1 saturated heterocycles. The summed E-state index contributed by atoms with van der Waals surface area (Å²) in [6.45, 7) is 3.07. The molecule has 110 valence electrons. The predicted octanol–water partition coefficient (Wildman–Crippen LogP) is 2.09. The molecule has 1 fully saturated rings. The maximum absolute atomic E-state index is 13.6. The van der Waals surface area contributed by atoms with Gasteiger partial charge in [-0.25, -0.2) is 8.78 Å². The fourth-order valence-electron chi connectivity index (χ4n) is 2.68. The Kier molecular flexibility index (Phi) is 4.70. The topological polar surface area (TPSA) is 46.3 Å². The molecule has 0 radical (unpaired) electrons. The van der Waals surface area contributed by atoms with Crippen molar-refractivity contribution in [3.63, 3.8) is 0 Å². The van der Waals surface area contributed by atoms with Crippen LogP contribution in [0.3, 0.4) is 0 Å². The average molecular weight is 282 g/mol. The van der Waals surface area contributed by atoms with Crippen LogP contribution in [-0.4, -0.2) is 29.9 Å². The van der Waals surface area contributed by atoms with Gasteiger partial charge < -0.3 is 10.6 Å². The van der Waals surface area contributed by atoms with Gasteiger partial charge in [0.05, 0.1) is 6.42 Å². The fraction of sp³-hybridized carbons (Fsp3) is 0.533. The lowest BCUT2D eigenvalue weighted by Crippen LogP contribution is -2.47. The number of carbonyl (C=O) groups excluding carboxylic acids is 1. The minimum Gasteiger partial charge on any atom is -0.339 e. The van der Waals surface area contributed by atoms with Crippen LogP contribution in [0.4, 0.5) is 8.78 Å². The quantitative estimate of drug-likeness (QED) is 0.922. The highest BCUT2D eigenvalue weighted by atomic mass is 19.1. The number of carbonyl (C=O) groups is 1. The second-order valence-corrected chi connectivity index (χ2v) is 5.45. The number of rotatable bonds is 3. The van der Waals surface area contributed by atoms with Crippen molar-refractivity contribution in [2.75, 3.05) is 13.1 Å². The number of amides is 1. The number of hydrogen-bond acceptors (Lipinski definition) is 2. The van der Waals surface area contributed by atoms with Crippen molar-refractivity contribution >= 4 is 5.91 Å². The lowest BCUT2D eigenvalue weighted by molar-refractivity contribution is -0.134. The second kappa shape index (κ2) is 6.31. The zero-order valence-corrected chi connectivity index (χ0v) is 11.6. The van der Waals surface area contributed by atoms with Crippen LogP contribution >= 0.6 is 0 Å². The van der Waals surface area contributed by atoms with Gasteiger partial charge in [0.15, 0.2) is 0 Å². The summed E-state index contributed by atoms with van der Waals surface area (Å²) in [5.74, 6) is -1.29. The van der Waals surface area contributed by atoms with Gasteiger partial charge in [0.2, 0.25) is 5.91 Å². The minimum absolute atomic E-state index is 0.0973. The van der Waals surface area contributed by atoms with Crippen molar-refractivity contribution in [1.82, 2.24) is 4.90 Å². The first-order valence-electron chi connectivity index (χ1n) is 6.95. The second-order valence-electron chi connectivity index (χ2n) is 5.45. The molecular formula is C15H20F2N2O.